The number of nitriles is 1. The van der Waals surface area contributed by atoms with Crippen LogP contribution in [0.4, 0.5) is 0 Å². The highest BCUT2D eigenvalue weighted by atomic mass is 32.7. The van der Waals surface area contributed by atoms with Gasteiger partial charge in [0, 0.05) is 17.1 Å². The Morgan fingerprint density at radius 2 is 2.38 bits per heavy atom. The summed E-state index contributed by atoms with van der Waals surface area (Å²) >= 11 is 1.75. The lowest BCUT2D eigenvalue weighted by Crippen LogP contribution is -2.13. The van der Waals surface area contributed by atoms with E-state index in [0.29, 0.717) is 13.0 Å². The minimum atomic E-state index is -0.820. The van der Waals surface area contributed by atoms with E-state index in [1.807, 2.05) is 0 Å². The molecule has 6 heteroatoms. The van der Waals surface area contributed by atoms with E-state index >= 15 is 0 Å². The van der Waals surface area contributed by atoms with Crippen LogP contribution in [0, 0.1) is 11.3 Å². The molecule has 1 aromatic heterocycles. The van der Waals surface area contributed by atoms with Crippen LogP contribution in [0.1, 0.15) is 27.2 Å². The maximum absolute atomic E-state index is 8.49. The molecule has 88 valence electrons. The van der Waals surface area contributed by atoms with Crippen LogP contribution in [0.3, 0.4) is 0 Å². The summed E-state index contributed by atoms with van der Waals surface area (Å²) in [6, 6.07) is 2.08. The largest absolute Gasteiger partial charge is 0.342 e. The lowest BCUT2D eigenvalue weighted by atomic mass is 10.3. The molecule has 0 saturated carbocycles. The third kappa shape index (κ3) is 4.98. The second-order valence-corrected chi connectivity index (χ2v) is 8.26. The zero-order chi connectivity index (χ0) is 12.0. The maximum Gasteiger partial charge on any atom is 0.167 e. The van der Waals surface area contributed by atoms with Gasteiger partial charge in [0.15, 0.2) is 12.9 Å². The summed E-state index contributed by atoms with van der Waals surface area (Å²) in [5.41, 5.74) is 0.868. The summed E-state index contributed by atoms with van der Waals surface area (Å²) < 4.78 is 5.83. The highest BCUT2D eigenvalue weighted by molar-refractivity contribution is 8.56. The number of imidazole rings is 1. The van der Waals surface area contributed by atoms with E-state index in [1.54, 1.807) is 23.8 Å². The topological polar surface area (TPSA) is 61.7 Å². The number of hydrogen-bond acceptors (Lipinski definition) is 4. The van der Waals surface area contributed by atoms with Crippen molar-refractivity contribution in [3.05, 3.63) is 12.4 Å². The van der Waals surface area contributed by atoms with Crippen molar-refractivity contribution in [3.63, 3.8) is 0 Å². The van der Waals surface area contributed by atoms with E-state index in [0.717, 1.165) is 5.57 Å². The molecular weight excluding hydrogens is 241 g/mol. The van der Waals surface area contributed by atoms with Crippen LogP contribution in [0.5, 0.6) is 0 Å². The Kier molecular flexibility index (Phi) is 5.27. The number of H-pyrrole nitrogens is 1. The van der Waals surface area contributed by atoms with Crippen LogP contribution < -0.4 is 5.57 Å². The van der Waals surface area contributed by atoms with Gasteiger partial charge in [-0.15, -0.1) is 0 Å². The molecule has 0 amide bonds. The smallest absolute Gasteiger partial charge is 0.167 e. The van der Waals surface area contributed by atoms with Crippen molar-refractivity contribution < 1.29 is 4.52 Å². The molecular formula is C10H16N3OPS. The Labute approximate surface area is 101 Å². The number of rotatable bonds is 5. The Bertz CT molecular complexity index is 342. The van der Waals surface area contributed by atoms with E-state index in [2.05, 4.69) is 36.8 Å². The van der Waals surface area contributed by atoms with E-state index in [4.69, 9.17) is 9.79 Å². The SMILES string of the molecule is CC(C)(C)SP(OCCC#N)c1ncc[nH]1. The third-order valence-electron chi connectivity index (χ3n) is 1.44. The molecule has 1 N–H and O–H groups in total. The molecule has 1 unspecified atom stereocenters. The fourth-order valence-corrected chi connectivity index (χ4v) is 4.70. The van der Waals surface area contributed by atoms with Crippen LogP contribution in [-0.2, 0) is 4.52 Å². The molecule has 0 spiro atoms. The van der Waals surface area contributed by atoms with Crippen molar-refractivity contribution in [2.45, 2.75) is 31.9 Å². The Morgan fingerprint density at radius 3 is 2.88 bits per heavy atom. The normalized spacial score (nSPS) is 13.4. The molecule has 0 aliphatic carbocycles. The van der Waals surface area contributed by atoms with Gasteiger partial charge in [0.05, 0.1) is 19.1 Å². The van der Waals surface area contributed by atoms with Gasteiger partial charge in [0.2, 0.25) is 0 Å². The summed E-state index contributed by atoms with van der Waals surface area (Å²) in [4.78, 5) is 7.30. The molecule has 0 fully saturated rings. The van der Waals surface area contributed by atoms with Gasteiger partial charge in [-0.05, 0) is 0 Å². The molecule has 0 radical (unpaired) electrons. The summed E-state index contributed by atoms with van der Waals surface area (Å²) in [5.74, 6) is 0. The van der Waals surface area contributed by atoms with Gasteiger partial charge in [-0.2, -0.15) is 5.26 Å². The average molecular weight is 257 g/mol. The van der Waals surface area contributed by atoms with Crippen molar-refractivity contribution in [1.82, 2.24) is 9.97 Å². The zero-order valence-electron chi connectivity index (χ0n) is 9.73. The Hall–Kier alpha value is -0.560. The van der Waals surface area contributed by atoms with Crippen molar-refractivity contribution in [2.75, 3.05) is 6.61 Å². The highest BCUT2D eigenvalue weighted by Gasteiger charge is 2.23. The molecule has 0 aliphatic rings. The van der Waals surface area contributed by atoms with Crippen LogP contribution in [-0.4, -0.2) is 21.3 Å². The van der Waals surface area contributed by atoms with Crippen molar-refractivity contribution in [3.8, 4) is 6.07 Å². The molecule has 1 atom stereocenters. The van der Waals surface area contributed by atoms with Gasteiger partial charge in [-0.1, -0.05) is 32.2 Å². The standard InChI is InChI=1S/C10H16N3OPS/c1-10(2,3)16-15(14-8-4-5-11)9-12-6-7-13-9/h6-7H,4,8H2,1-3H3,(H,12,13). The van der Waals surface area contributed by atoms with E-state index in [1.165, 1.54) is 0 Å². The first kappa shape index (κ1) is 13.5. The van der Waals surface area contributed by atoms with Gasteiger partial charge in [-0.3, -0.25) is 0 Å². The van der Waals surface area contributed by atoms with Crippen LogP contribution >= 0.6 is 18.7 Å². The maximum atomic E-state index is 8.49. The molecule has 1 heterocycles. The van der Waals surface area contributed by atoms with Crippen molar-refractivity contribution >= 4 is 24.3 Å². The number of nitrogens with one attached hydrogen (secondary N) is 1. The molecule has 16 heavy (non-hydrogen) atoms. The molecule has 0 bridgehead atoms. The fourth-order valence-electron chi connectivity index (χ4n) is 0.910. The first-order chi connectivity index (χ1) is 7.53. The summed E-state index contributed by atoms with van der Waals surface area (Å²) in [6.45, 7) is 6.89. The number of hydrogen-bond donors (Lipinski definition) is 1. The van der Waals surface area contributed by atoms with Gasteiger partial charge in [0.25, 0.3) is 0 Å². The van der Waals surface area contributed by atoms with Crippen LogP contribution in [0.25, 0.3) is 0 Å². The Morgan fingerprint density at radius 1 is 1.62 bits per heavy atom. The molecule has 0 aromatic carbocycles. The highest BCUT2D eigenvalue weighted by Crippen LogP contribution is 2.54. The summed E-state index contributed by atoms with van der Waals surface area (Å²) in [7, 11) is -0.820. The second-order valence-electron chi connectivity index (χ2n) is 4.11. The third-order valence-corrected chi connectivity index (χ3v) is 6.13. The lowest BCUT2D eigenvalue weighted by molar-refractivity contribution is 0.374. The first-order valence-electron chi connectivity index (χ1n) is 5.01. The second kappa shape index (κ2) is 6.24. The number of aromatic nitrogens is 2. The quantitative estimate of drug-likeness (QED) is 0.651. The van der Waals surface area contributed by atoms with Gasteiger partial charge >= 0.3 is 0 Å². The van der Waals surface area contributed by atoms with E-state index in [9.17, 15) is 0 Å². The predicted molar refractivity (Wildman–Crippen MR) is 68.7 cm³/mol. The minimum absolute atomic E-state index is 0.116. The van der Waals surface area contributed by atoms with E-state index < -0.39 is 7.35 Å². The van der Waals surface area contributed by atoms with Gasteiger partial charge in [-0.25, -0.2) is 4.98 Å². The van der Waals surface area contributed by atoms with Crippen molar-refractivity contribution in [1.29, 1.82) is 5.26 Å². The lowest BCUT2D eigenvalue weighted by Gasteiger charge is -2.23. The summed E-state index contributed by atoms with van der Waals surface area (Å²) in [5, 5.41) is 8.49. The molecule has 4 nitrogen and oxygen atoms in total. The number of aromatic amines is 1. The van der Waals surface area contributed by atoms with Gasteiger partial charge < -0.3 is 9.51 Å². The minimum Gasteiger partial charge on any atom is -0.342 e. The van der Waals surface area contributed by atoms with Crippen molar-refractivity contribution in [2.24, 2.45) is 0 Å². The van der Waals surface area contributed by atoms with E-state index in [-0.39, 0.29) is 4.75 Å². The Balaban J connectivity index is 2.60. The molecule has 1 aromatic rings. The molecule has 1 rings (SSSR count). The average Bonchev–Trinajstić information content (AvgIpc) is 2.67. The number of nitrogens with zero attached hydrogens (tertiary/aromatic N) is 2. The fraction of sp³-hybridized carbons (Fsp3) is 0.600. The molecule has 0 aliphatic heterocycles. The monoisotopic (exact) mass is 257 g/mol. The molecule has 0 saturated heterocycles. The van der Waals surface area contributed by atoms with Crippen LogP contribution in [0.15, 0.2) is 12.4 Å². The predicted octanol–water partition coefficient (Wildman–Crippen LogP) is 2.81. The van der Waals surface area contributed by atoms with Gasteiger partial charge in [0.1, 0.15) is 0 Å². The van der Waals surface area contributed by atoms with Crippen LogP contribution in [0.2, 0.25) is 0 Å². The summed E-state index contributed by atoms with van der Waals surface area (Å²) in [6.07, 6.45) is 3.94. The first-order valence-corrected chi connectivity index (χ1v) is 7.69. The zero-order valence-corrected chi connectivity index (χ0v) is 11.4.